The predicted molar refractivity (Wildman–Crippen MR) is 79.0 cm³/mol. The summed E-state index contributed by atoms with van der Waals surface area (Å²) in [5.74, 6) is 0.943. The molecule has 3 heterocycles. The van der Waals surface area contributed by atoms with Gasteiger partial charge in [0.2, 0.25) is 5.91 Å². The smallest absolute Gasteiger partial charge is 0.228 e. The third-order valence-electron chi connectivity index (χ3n) is 4.81. The lowest BCUT2D eigenvalue weighted by Crippen LogP contribution is -2.41. The first-order chi connectivity index (χ1) is 10.8. The molecule has 0 radical (unpaired) electrons. The molecule has 0 unspecified atom stereocenters. The summed E-state index contributed by atoms with van der Waals surface area (Å²) in [6.07, 6.45) is 5.24. The van der Waals surface area contributed by atoms with Crippen molar-refractivity contribution in [2.45, 2.75) is 38.5 Å². The lowest BCUT2D eigenvalue weighted by molar-refractivity contribution is -0.138. The highest BCUT2D eigenvalue weighted by molar-refractivity contribution is 5.79. The van der Waals surface area contributed by atoms with E-state index in [9.17, 15) is 4.79 Å². The number of aromatic nitrogens is 2. The fourth-order valence-corrected chi connectivity index (χ4v) is 3.23. The fourth-order valence-electron chi connectivity index (χ4n) is 3.23. The second-order valence-corrected chi connectivity index (χ2v) is 6.68. The lowest BCUT2D eigenvalue weighted by atomic mass is 10.1. The molecule has 0 aromatic carbocycles. The number of hydrogen-bond acceptors (Lipinski definition) is 4. The van der Waals surface area contributed by atoms with E-state index in [1.165, 1.54) is 12.8 Å². The molecule has 1 saturated heterocycles. The highest BCUT2D eigenvalue weighted by atomic mass is 16.5. The number of rotatable bonds is 4. The van der Waals surface area contributed by atoms with E-state index >= 15 is 0 Å². The average Bonchev–Trinajstić information content (AvgIpc) is 3.05. The number of nitrogens with zero attached hydrogens (tertiary/aromatic N) is 3. The van der Waals surface area contributed by atoms with Crippen LogP contribution in [0.5, 0.6) is 0 Å². The van der Waals surface area contributed by atoms with Crippen molar-refractivity contribution in [3.63, 3.8) is 0 Å². The molecular formula is C16H23N3O3. The Kier molecular flexibility index (Phi) is 3.88. The first kappa shape index (κ1) is 14.2. The molecule has 1 aliphatic carbocycles. The van der Waals surface area contributed by atoms with E-state index in [1.807, 2.05) is 15.6 Å². The van der Waals surface area contributed by atoms with E-state index in [4.69, 9.17) is 9.47 Å². The Bertz CT molecular complexity index is 534. The van der Waals surface area contributed by atoms with E-state index in [0.29, 0.717) is 26.3 Å². The topological polar surface area (TPSA) is 56.6 Å². The van der Waals surface area contributed by atoms with Gasteiger partial charge in [-0.3, -0.25) is 9.48 Å². The summed E-state index contributed by atoms with van der Waals surface area (Å²) in [6.45, 7) is 4.09. The lowest BCUT2D eigenvalue weighted by Gasteiger charge is -2.26. The van der Waals surface area contributed by atoms with Crippen molar-refractivity contribution in [1.82, 2.24) is 14.7 Å². The van der Waals surface area contributed by atoms with Gasteiger partial charge in [0.05, 0.1) is 37.4 Å². The number of hydrogen-bond donors (Lipinski definition) is 0. The normalized spacial score (nSPS) is 28.5. The van der Waals surface area contributed by atoms with Crippen LogP contribution >= 0.6 is 0 Å². The predicted octanol–water partition coefficient (Wildman–Crippen LogP) is 1.06. The molecule has 1 amide bonds. The third-order valence-corrected chi connectivity index (χ3v) is 4.81. The molecule has 120 valence electrons. The van der Waals surface area contributed by atoms with Crippen molar-refractivity contribution in [2.24, 2.45) is 11.8 Å². The Morgan fingerprint density at radius 2 is 2.27 bits per heavy atom. The minimum Gasteiger partial charge on any atom is -0.381 e. The van der Waals surface area contributed by atoms with Gasteiger partial charge >= 0.3 is 0 Å². The molecule has 1 aromatic rings. The van der Waals surface area contributed by atoms with Crippen LogP contribution in [-0.4, -0.2) is 53.1 Å². The Labute approximate surface area is 130 Å². The largest absolute Gasteiger partial charge is 0.381 e. The maximum absolute atomic E-state index is 12.7. The molecule has 22 heavy (non-hydrogen) atoms. The molecule has 2 fully saturated rings. The van der Waals surface area contributed by atoms with Gasteiger partial charge in [0.15, 0.2) is 0 Å². The number of carbonyl (C=O) groups excluding carboxylic acids is 1. The monoisotopic (exact) mass is 305 g/mol. The van der Waals surface area contributed by atoms with Gasteiger partial charge in [-0.25, -0.2) is 0 Å². The quantitative estimate of drug-likeness (QED) is 0.834. The van der Waals surface area contributed by atoms with Crippen molar-refractivity contribution >= 4 is 5.91 Å². The van der Waals surface area contributed by atoms with E-state index in [0.717, 1.165) is 31.2 Å². The zero-order valence-corrected chi connectivity index (χ0v) is 12.8. The van der Waals surface area contributed by atoms with Crippen molar-refractivity contribution in [1.29, 1.82) is 0 Å². The maximum atomic E-state index is 12.7. The van der Waals surface area contributed by atoms with Crippen molar-refractivity contribution in [3.05, 3.63) is 18.0 Å². The number of carbonyl (C=O) groups is 1. The standard InChI is InChI=1S/C16H23N3O3/c20-16(13-4-6-21-11-13)18-7-14-3-5-17-19(14)9-15(8-18)22-10-12-1-2-12/h3,5,12-13,15H,1-2,4,6-11H2/t13-,15+/m0/s1. The van der Waals surface area contributed by atoms with Gasteiger partial charge in [0.25, 0.3) is 0 Å². The summed E-state index contributed by atoms with van der Waals surface area (Å²) in [6, 6.07) is 1.99. The van der Waals surface area contributed by atoms with E-state index < -0.39 is 0 Å². The number of amides is 1. The third kappa shape index (κ3) is 3.03. The van der Waals surface area contributed by atoms with Gasteiger partial charge in [0.1, 0.15) is 0 Å². The molecule has 1 aromatic heterocycles. The fraction of sp³-hybridized carbons (Fsp3) is 0.750. The number of ether oxygens (including phenoxy) is 2. The van der Waals surface area contributed by atoms with Crippen LogP contribution in [0, 0.1) is 11.8 Å². The average molecular weight is 305 g/mol. The molecule has 0 spiro atoms. The molecular weight excluding hydrogens is 282 g/mol. The van der Waals surface area contributed by atoms with Gasteiger partial charge in [-0.2, -0.15) is 5.10 Å². The number of fused-ring (bicyclic) bond motifs is 1. The van der Waals surface area contributed by atoms with Crippen LogP contribution in [0.4, 0.5) is 0 Å². The van der Waals surface area contributed by atoms with Crippen molar-refractivity contribution in [2.75, 3.05) is 26.4 Å². The molecule has 0 bridgehead atoms. The minimum absolute atomic E-state index is 0.0125. The van der Waals surface area contributed by atoms with E-state index in [1.54, 1.807) is 6.20 Å². The summed E-state index contributed by atoms with van der Waals surface area (Å²) < 4.78 is 13.4. The van der Waals surface area contributed by atoms with Crippen LogP contribution in [0.3, 0.4) is 0 Å². The zero-order chi connectivity index (χ0) is 14.9. The van der Waals surface area contributed by atoms with Crippen molar-refractivity contribution in [3.8, 4) is 0 Å². The second kappa shape index (κ2) is 6.01. The Morgan fingerprint density at radius 1 is 1.36 bits per heavy atom. The van der Waals surface area contributed by atoms with Gasteiger partial charge in [-0.1, -0.05) is 0 Å². The van der Waals surface area contributed by atoms with Gasteiger partial charge in [-0.15, -0.1) is 0 Å². The Balaban J connectivity index is 1.48. The highest BCUT2D eigenvalue weighted by Crippen LogP contribution is 2.30. The van der Waals surface area contributed by atoms with Gasteiger partial charge < -0.3 is 14.4 Å². The summed E-state index contributed by atoms with van der Waals surface area (Å²) in [5, 5.41) is 4.38. The van der Waals surface area contributed by atoms with Crippen LogP contribution < -0.4 is 0 Å². The van der Waals surface area contributed by atoms with Crippen LogP contribution in [0.15, 0.2) is 12.3 Å². The van der Waals surface area contributed by atoms with Gasteiger partial charge in [0, 0.05) is 26.0 Å². The molecule has 1 saturated carbocycles. The summed E-state index contributed by atoms with van der Waals surface area (Å²) in [5.41, 5.74) is 1.09. The SMILES string of the molecule is O=C([C@H]1CCOC1)N1Cc2ccnn2C[C@H](OCC2CC2)C1. The maximum Gasteiger partial charge on any atom is 0.228 e. The molecule has 2 atom stereocenters. The minimum atomic E-state index is 0.0125. The van der Waals surface area contributed by atoms with Gasteiger partial charge in [-0.05, 0) is 31.2 Å². The molecule has 3 aliphatic rings. The van der Waals surface area contributed by atoms with Crippen molar-refractivity contribution < 1.29 is 14.3 Å². The zero-order valence-electron chi connectivity index (χ0n) is 12.8. The summed E-state index contributed by atoms with van der Waals surface area (Å²) in [7, 11) is 0. The Hall–Kier alpha value is -1.40. The van der Waals surface area contributed by atoms with E-state index in [-0.39, 0.29) is 17.9 Å². The first-order valence-electron chi connectivity index (χ1n) is 8.28. The first-order valence-corrected chi connectivity index (χ1v) is 8.28. The molecule has 2 aliphatic heterocycles. The van der Waals surface area contributed by atoms with Crippen LogP contribution in [0.25, 0.3) is 0 Å². The van der Waals surface area contributed by atoms with Crippen LogP contribution in [0.1, 0.15) is 25.0 Å². The van der Waals surface area contributed by atoms with Crippen LogP contribution in [0.2, 0.25) is 0 Å². The van der Waals surface area contributed by atoms with E-state index in [2.05, 4.69) is 5.10 Å². The molecule has 6 heteroatoms. The molecule has 6 nitrogen and oxygen atoms in total. The Morgan fingerprint density at radius 3 is 3.05 bits per heavy atom. The molecule has 0 N–H and O–H groups in total. The summed E-state index contributed by atoms with van der Waals surface area (Å²) >= 11 is 0. The highest BCUT2D eigenvalue weighted by Gasteiger charge is 2.33. The summed E-state index contributed by atoms with van der Waals surface area (Å²) in [4.78, 5) is 14.7. The van der Waals surface area contributed by atoms with Crippen LogP contribution in [-0.2, 0) is 27.4 Å². The second-order valence-electron chi connectivity index (χ2n) is 6.68. The molecule has 4 rings (SSSR count).